The van der Waals surface area contributed by atoms with E-state index in [1.54, 1.807) is 7.11 Å². The molecule has 1 saturated carbocycles. The van der Waals surface area contributed by atoms with Crippen molar-refractivity contribution in [2.45, 2.75) is 46.5 Å². The molecule has 0 heterocycles. The fourth-order valence-corrected chi connectivity index (χ4v) is 2.87. The van der Waals surface area contributed by atoms with Crippen molar-refractivity contribution in [1.82, 2.24) is 0 Å². The third kappa shape index (κ3) is 1.99. The quantitative estimate of drug-likeness (QED) is 0.807. The maximum Gasteiger partial charge on any atom is 0.125 e. The zero-order chi connectivity index (χ0) is 13.3. The van der Waals surface area contributed by atoms with Crippen LogP contribution in [0.2, 0.25) is 0 Å². The number of benzene rings is 1. The van der Waals surface area contributed by atoms with Gasteiger partial charge < -0.3 is 4.74 Å². The van der Waals surface area contributed by atoms with Crippen LogP contribution in [-0.4, -0.2) is 7.11 Å². The molecule has 96 valence electrons. The molecule has 0 radical (unpaired) electrons. The molecule has 0 unspecified atom stereocenters. The van der Waals surface area contributed by atoms with E-state index in [1.165, 1.54) is 28.7 Å². The first kappa shape index (κ1) is 13.0. The number of hydrogen-bond donors (Lipinski definition) is 0. The summed E-state index contributed by atoms with van der Waals surface area (Å²) in [6.07, 6.45) is 4.07. The zero-order valence-electron chi connectivity index (χ0n) is 11.8. The van der Waals surface area contributed by atoms with Crippen molar-refractivity contribution in [2.75, 3.05) is 7.11 Å². The molecular formula is C16H21NO. The number of methoxy groups -OCH3 is 1. The molecule has 0 amide bonds. The summed E-state index contributed by atoms with van der Waals surface area (Å²) >= 11 is 0. The highest BCUT2D eigenvalue weighted by Crippen LogP contribution is 2.45. The van der Waals surface area contributed by atoms with E-state index in [4.69, 9.17) is 4.74 Å². The van der Waals surface area contributed by atoms with Gasteiger partial charge in [0.15, 0.2) is 0 Å². The van der Waals surface area contributed by atoms with Crippen LogP contribution in [0.15, 0.2) is 6.07 Å². The van der Waals surface area contributed by atoms with Gasteiger partial charge in [0.2, 0.25) is 0 Å². The number of nitriles is 1. The van der Waals surface area contributed by atoms with Gasteiger partial charge in [-0.05, 0) is 62.3 Å². The summed E-state index contributed by atoms with van der Waals surface area (Å²) in [5, 5.41) is 9.39. The van der Waals surface area contributed by atoms with Gasteiger partial charge in [0, 0.05) is 0 Å². The van der Waals surface area contributed by atoms with Gasteiger partial charge in [-0.25, -0.2) is 0 Å². The van der Waals surface area contributed by atoms with Crippen molar-refractivity contribution in [1.29, 1.82) is 5.26 Å². The van der Waals surface area contributed by atoms with Crippen LogP contribution in [0.3, 0.4) is 0 Å². The predicted molar refractivity (Wildman–Crippen MR) is 72.8 cm³/mol. The van der Waals surface area contributed by atoms with Gasteiger partial charge in [0.1, 0.15) is 5.75 Å². The van der Waals surface area contributed by atoms with Gasteiger partial charge >= 0.3 is 0 Å². The van der Waals surface area contributed by atoms with E-state index >= 15 is 0 Å². The third-order valence-corrected chi connectivity index (χ3v) is 4.38. The van der Waals surface area contributed by atoms with E-state index < -0.39 is 0 Å². The van der Waals surface area contributed by atoms with E-state index in [-0.39, 0.29) is 5.41 Å². The van der Waals surface area contributed by atoms with Gasteiger partial charge in [-0.15, -0.1) is 0 Å². The maximum atomic E-state index is 9.39. The maximum absolute atomic E-state index is 9.39. The van der Waals surface area contributed by atoms with E-state index in [9.17, 15) is 5.26 Å². The summed E-state index contributed by atoms with van der Waals surface area (Å²) in [6.45, 7) is 6.32. The normalized spacial score (nSPS) is 16.8. The Labute approximate surface area is 110 Å². The molecule has 0 spiro atoms. The van der Waals surface area contributed by atoms with Crippen molar-refractivity contribution in [2.24, 2.45) is 5.41 Å². The molecule has 1 fully saturated rings. The molecule has 1 aliphatic rings. The Hall–Kier alpha value is -1.49. The van der Waals surface area contributed by atoms with E-state index in [0.717, 1.165) is 25.0 Å². The van der Waals surface area contributed by atoms with Crippen molar-refractivity contribution >= 4 is 0 Å². The molecule has 1 aromatic rings. The summed E-state index contributed by atoms with van der Waals surface area (Å²) in [6, 6.07) is 4.73. The van der Waals surface area contributed by atoms with E-state index in [2.05, 4.69) is 32.9 Å². The monoisotopic (exact) mass is 243 g/mol. The Morgan fingerprint density at radius 2 is 1.94 bits per heavy atom. The lowest BCUT2D eigenvalue weighted by Crippen LogP contribution is -2.30. The molecule has 0 atom stereocenters. The lowest BCUT2D eigenvalue weighted by Gasteiger charge is -2.36. The molecule has 0 N–H and O–H groups in total. The van der Waals surface area contributed by atoms with Crippen molar-refractivity contribution in [3.8, 4) is 11.8 Å². The number of hydrogen-bond acceptors (Lipinski definition) is 2. The van der Waals surface area contributed by atoms with Crippen molar-refractivity contribution in [3.63, 3.8) is 0 Å². The summed E-state index contributed by atoms with van der Waals surface area (Å²) in [4.78, 5) is 0. The topological polar surface area (TPSA) is 33.0 Å². The molecule has 2 heteroatoms. The standard InChI is InChI=1S/C16H21NO/c1-11-8-12(2)14(15(18-4)13(11)3)9-16(10-17)6-5-7-16/h8H,5-7,9H2,1-4H3. The average molecular weight is 243 g/mol. The highest BCUT2D eigenvalue weighted by Gasteiger charge is 2.38. The van der Waals surface area contributed by atoms with E-state index in [0.29, 0.717) is 0 Å². The van der Waals surface area contributed by atoms with Crippen LogP contribution in [0.4, 0.5) is 0 Å². The summed E-state index contributed by atoms with van der Waals surface area (Å²) in [5.74, 6) is 0.981. The van der Waals surface area contributed by atoms with Gasteiger partial charge in [0.25, 0.3) is 0 Å². The lowest BCUT2D eigenvalue weighted by molar-refractivity contribution is 0.211. The summed E-state index contributed by atoms with van der Waals surface area (Å²) in [5.41, 5.74) is 4.79. The fourth-order valence-electron chi connectivity index (χ4n) is 2.87. The van der Waals surface area contributed by atoms with Crippen LogP contribution in [0.25, 0.3) is 0 Å². The Balaban J connectivity index is 2.44. The number of ether oxygens (including phenoxy) is 1. The second-order valence-corrected chi connectivity index (χ2v) is 5.57. The largest absolute Gasteiger partial charge is 0.496 e. The van der Waals surface area contributed by atoms with Crippen LogP contribution in [0, 0.1) is 37.5 Å². The Kier molecular flexibility index (Phi) is 3.34. The molecular weight excluding hydrogens is 222 g/mol. The van der Waals surface area contributed by atoms with Crippen LogP contribution < -0.4 is 4.74 Å². The van der Waals surface area contributed by atoms with Crippen LogP contribution >= 0.6 is 0 Å². The second-order valence-electron chi connectivity index (χ2n) is 5.57. The smallest absolute Gasteiger partial charge is 0.125 e. The van der Waals surface area contributed by atoms with Crippen molar-refractivity contribution < 1.29 is 4.74 Å². The molecule has 2 nitrogen and oxygen atoms in total. The fraction of sp³-hybridized carbons (Fsp3) is 0.562. The number of rotatable bonds is 3. The molecule has 1 aromatic carbocycles. The minimum atomic E-state index is -0.139. The van der Waals surface area contributed by atoms with Crippen molar-refractivity contribution in [3.05, 3.63) is 28.3 Å². The Morgan fingerprint density at radius 3 is 2.39 bits per heavy atom. The average Bonchev–Trinajstić information content (AvgIpc) is 2.30. The molecule has 1 aliphatic carbocycles. The minimum absolute atomic E-state index is 0.139. The van der Waals surface area contributed by atoms with Gasteiger partial charge in [-0.3, -0.25) is 0 Å². The molecule has 18 heavy (non-hydrogen) atoms. The van der Waals surface area contributed by atoms with Gasteiger partial charge in [-0.1, -0.05) is 12.5 Å². The highest BCUT2D eigenvalue weighted by molar-refractivity contribution is 5.50. The zero-order valence-corrected chi connectivity index (χ0v) is 11.8. The first-order chi connectivity index (χ1) is 8.53. The summed E-state index contributed by atoms with van der Waals surface area (Å²) in [7, 11) is 1.73. The summed E-state index contributed by atoms with van der Waals surface area (Å²) < 4.78 is 5.59. The van der Waals surface area contributed by atoms with Crippen LogP contribution in [0.1, 0.15) is 41.5 Å². The lowest BCUT2D eigenvalue weighted by atomic mass is 9.66. The van der Waals surface area contributed by atoms with E-state index in [1.807, 2.05) is 0 Å². The first-order valence-corrected chi connectivity index (χ1v) is 6.58. The van der Waals surface area contributed by atoms with Gasteiger partial charge in [0.05, 0.1) is 18.6 Å². The molecule has 0 aromatic heterocycles. The minimum Gasteiger partial charge on any atom is -0.496 e. The Bertz CT molecular complexity index is 507. The Morgan fingerprint density at radius 1 is 1.28 bits per heavy atom. The molecule has 0 saturated heterocycles. The SMILES string of the molecule is COc1c(C)c(C)cc(C)c1CC1(C#N)CCC1. The highest BCUT2D eigenvalue weighted by atomic mass is 16.5. The van der Waals surface area contributed by atoms with Crippen LogP contribution in [-0.2, 0) is 6.42 Å². The molecule has 0 bridgehead atoms. The molecule has 2 rings (SSSR count). The van der Waals surface area contributed by atoms with Crippen LogP contribution in [0.5, 0.6) is 5.75 Å². The van der Waals surface area contributed by atoms with Gasteiger partial charge in [-0.2, -0.15) is 5.26 Å². The molecule has 0 aliphatic heterocycles. The second kappa shape index (κ2) is 4.65. The first-order valence-electron chi connectivity index (χ1n) is 6.58. The predicted octanol–water partition coefficient (Wildman–Crippen LogP) is 3.86. The number of nitrogens with zero attached hydrogens (tertiary/aromatic N) is 1. The number of aryl methyl sites for hydroxylation is 2. The third-order valence-electron chi connectivity index (χ3n) is 4.38.